The average molecular weight is 534 g/mol. The van der Waals surface area contributed by atoms with Crippen molar-refractivity contribution in [3.63, 3.8) is 0 Å². The van der Waals surface area contributed by atoms with Crippen molar-refractivity contribution >= 4 is 28.1 Å². The fourth-order valence-electron chi connectivity index (χ4n) is 3.91. The molecule has 2 aromatic carbocycles. The van der Waals surface area contributed by atoms with Gasteiger partial charge in [0.15, 0.2) is 0 Å². The predicted molar refractivity (Wildman–Crippen MR) is 135 cm³/mol. The third-order valence-corrected chi connectivity index (χ3v) is 7.51. The van der Waals surface area contributed by atoms with Crippen molar-refractivity contribution in [2.24, 2.45) is 5.92 Å². The molecule has 0 unspecified atom stereocenters. The molecule has 3 atom stereocenters. The Kier molecular flexibility index (Phi) is 9.76. The molecule has 200 valence electrons. The van der Waals surface area contributed by atoms with Crippen molar-refractivity contribution in [1.82, 2.24) is 15.4 Å². The lowest BCUT2D eigenvalue weighted by Gasteiger charge is -2.26. The second-order valence-electron chi connectivity index (χ2n) is 9.30. The molecule has 0 saturated carbocycles. The smallest absolute Gasteiger partial charge is 0.243 e. The van der Waals surface area contributed by atoms with E-state index in [2.05, 4.69) is 15.4 Å². The number of hydrogen-bond acceptors (Lipinski definition) is 6. The number of hydrogen-bond donors (Lipinski definition) is 3. The zero-order valence-corrected chi connectivity index (χ0v) is 21.6. The number of fused-ring (bicyclic) bond motifs is 14. The number of rotatable bonds is 5. The summed E-state index contributed by atoms with van der Waals surface area (Å²) in [5.74, 6) is -1.59. The van der Waals surface area contributed by atoms with Crippen molar-refractivity contribution in [2.45, 2.75) is 62.6 Å². The second-order valence-corrected chi connectivity index (χ2v) is 11.0. The molecule has 0 saturated heterocycles. The molecule has 0 spiro atoms. The van der Waals surface area contributed by atoms with Gasteiger partial charge in [-0.2, -0.15) is 4.72 Å². The van der Waals surface area contributed by atoms with Crippen LogP contribution in [0.1, 0.15) is 38.7 Å². The molecule has 9 nitrogen and oxygen atoms in total. The highest BCUT2D eigenvalue weighted by Crippen LogP contribution is 2.17. The molecule has 0 fully saturated rings. The molecule has 2 aliphatic heterocycles. The fraction of sp³-hybridized carbons (Fsp3) is 0.423. The summed E-state index contributed by atoms with van der Waals surface area (Å²) >= 11 is 0. The van der Waals surface area contributed by atoms with Crippen LogP contribution in [-0.4, -0.2) is 51.3 Å². The van der Waals surface area contributed by atoms with E-state index in [9.17, 15) is 27.2 Å². The Morgan fingerprint density at radius 2 is 1.68 bits per heavy atom. The summed E-state index contributed by atoms with van der Waals surface area (Å²) in [5.41, 5.74) is 0.658. The normalized spacial score (nSPS) is 22.0. The van der Waals surface area contributed by atoms with E-state index >= 15 is 0 Å². The van der Waals surface area contributed by atoms with Gasteiger partial charge in [0.05, 0.1) is 17.5 Å². The van der Waals surface area contributed by atoms with Crippen LogP contribution in [0.2, 0.25) is 0 Å². The van der Waals surface area contributed by atoms with E-state index in [1.54, 1.807) is 38.1 Å². The van der Waals surface area contributed by atoms with E-state index in [0.29, 0.717) is 43.5 Å². The van der Waals surface area contributed by atoms with E-state index in [0.717, 1.165) is 24.3 Å². The molecule has 0 aromatic heterocycles. The molecule has 2 aromatic rings. The number of halogens is 1. The number of ether oxygens (including phenoxy) is 1. The summed E-state index contributed by atoms with van der Waals surface area (Å²) in [7, 11) is -4.20. The van der Waals surface area contributed by atoms with Gasteiger partial charge in [0.2, 0.25) is 21.8 Å². The summed E-state index contributed by atoms with van der Waals surface area (Å²) in [6.45, 7) is 3.89. The second kappa shape index (κ2) is 12.8. The first-order chi connectivity index (χ1) is 17.6. The van der Waals surface area contributed by atoms with Gasteiger partial charge in [0, 0.05) is 0 Å². The Morgan fingerprint density at radius 1 is 1.00 bits per heavy atom. The monoisotopic (exact) mass is 533 g/mol. The van der Waals surface area contributed by atoms with Crippen LogP contribution in [0.25, 0.3) is 0 Å². The maximum Gasteiger partial charge on any atom is 0.243 e. The quantitative estimate of drug-likeness (QED) is 0.505. The largest absolute Gasteiger partial charge is 0.494 e. The molecular formula is C26H32FN3O6S. The number of benzene rings is 2. The molecular weight excluding hydrogens is 501 g/mol. The van der Waals surface area contributed by atoms with Crippen LogP contribution >= 0.6 is 0 Å². The molecule has 37 heavy (non-hydrogen) atoms. The maximum absolute atomic E-state index is 13.4. The number of carbonyl (C=O) groups is 3. The fourth-order valence-corrected chi connectivity index (χ4v) is 5.10. The van der Waals surface area contributed by atoms with E-state index in [1.165, 1.54) is 0 Å². The summed E-state index contributed by atoms with van der Waals surface area (Å²) in [6, 6.07) is 8.13. The molecule has 2 heterocycles. The van der Waals surface area contributed by atoms with Gasteiger partial charge in [-0.3, -0.25) is 9.59 Å². The lowest BCUT2D eigenvalue weighted by atomic mass is 10.0. The van der Waals surface area contributed by atoms with Crippen molar-refractivity contribution in [3.05, 3.63) is 59.9 Å². The number of sulfonamides is 1. The lowest BCUT2D eigenvalue weighted by molar-refractivity contribution is -0.131. The third kappa shape index (κ3) is 8.09. The summed E-state index contributed by atoms with van der Waals surface area (Å²) < 4.78 is 47.5. The van der Waals surface area contributed by atoms with Gasteiger partial charge in [-0.05, 0) is 73.6 Å². The highest BCUT2D eigenvalue weighted by molar-refractivity contribution is 7.89. The molecule has 0 radical (unpaired) electrons. The van der Waals surface area contributed by atoms with Crippen molar-refractivity contribution < 1.29 is 31.9 Å². The van der Waals surface area contributed by atoms with E-state index < -0.39 is 45.8 Å². The Hall–Kier alpha value is -3.31. The van der Waals surface area contributed by atoms with Crippen LogP contribution in [0.15, 0.2) is 53.4 Å². The molecule has 2 aliphatic rings. The molecule has 4 rings (SSSR count). The minimum Gasteiger partial charge on any atom is -0.494 e. The van der Waals surface area contributed by atoms with Gasteiger partial charge < -0.3 is 20.2 Å². The Labute approximate surface area is 216 Å². The van der Waals surface area contributed by atoms with Gasteiger partial charge >= 0.3 is 0 Å². The third-order valence-electron chi connectivity index (χ3n) is 6.02. The van der Waals surface area contributed by atoms with Gasteiger partial charge in [0.25, 0.3) is 0 Å². The first-order valence-electron chi connectivity index (χ1n) is 12.1. The Bertz CT molecular complexity index is 1190. The maximum atomic E-state index is 13.4. The van der Waals surface area contributed by atoms with Gasteiger partial charge in [-0.25, -0.2) is 12.8 Å². The highest BCUT2D eigenvalue weighted by Gasteiger charge is 2.32. The summed E-state index contributed by atoms with van der Waals surface area (Å²) in [5, 5.41) is 5.32. The summed E-state index contributed by atoms with van der Waals surface area (Å²) in [4.78, 5) is 37.7. The number of aldehydes is 1. The van der Waals surface area contributed by atoms with Crippen LogP contribution < -0.4 is 20.1 Å². The van der Waals surface area contributed by atoms with Crippen LogP contribution in [-0.2, 0) is 30.8 Å². The number of amides is 2. The summed E-state index contributed by atoms with van der Waals surface area (Å²) in [6.07, 6.45) is 2.38. The Balaban J connectivity index is 1.93. The number of carbonyl (C=O) groups excluding carboxylic acids is 3. The molecule has 2 bridgehead atoms. The number of nitrogens with one attached hydrogen (secondary N) is 3. The van der Waals surface area contributed by atoms with E-state index in [-0.39, 0.29) is 17.2 Å². The topological polar surface area (TPSA) is 131 Å². The standard InChI is InChI=1S/C26H32FN3O6S/c1-17(2)24-26(33)28-20(16-31)5-3-4-14-36-21-10-6-18(7-11-21)15-23(25(32)29-24)30-37(34,35)22-12-8-19(27)9-13-22/h6-13,16-17,20,23-24,30H,3-5,14-15H2,1-2H3,(H,28,33)(H,29,32)/t20-,23-,24-/m0/s1. The molecule has 11 heteroatoms. The van der Waals surface area contributed by atoms with Crippen molar-refractivity contribution in [2.75, 3.05) is 6.61 Å². The minimum absolute atomic E-state index is 0.0179. The average Bonchev–Trinajstić information content (AvgIpc) is 2.86. The minimum atomic E-state index is -4.20. The molecule has 2 amide bonds. The van der Waals surface area contributed by atoms with Crippen LogP contribution in [0.3, 0.4) is 0 Å². The Morgan fingerprint density at radius 3 is 2.30 bits per heavy atom. The van der Waals surface area contributed by atoms with Crippen molar-refractivity contribution in [1.29, 1.82) is 0 Å². The van der Waals surface area contributed by atoms with E-state index in [1.807, 2.05) is 0 Å². The van der Waals surface area contributed by atoms with Gasteiger partial charge in [-0.15, -0.1) is 0 Å². The van der Waals surface area contributed by atoms with Crippen LogP contribution in [0, 0.1) is 11.7 Å². The van der Waals surface area contributed by atoms with Gasteiger partial charge in [-0.1, -0.05) is 26.0 Å². The van der Waals surface area contributed by atoms with Crippen LogP contribution in [0.4, 0.5) is 4.39 Å². The van der Waals surface area contributed by atoms with Gasteiger partial charge in [0.1, 0.15) is 29.9 Å². The van der Waals surface area contributed by atoms with Crippen molar-refractivity contribution in [3.8, 4) is 5.75 Å². The zero-order chi connectivity index (χ0) is 27.0. The molecule has 3 N–H and O–H groups in total. The molecule has 0 aliphatic carbocycles. The SMILES string of the molecule is CC(C)[C@@H]1NC(=O)[C@@H](NS(=O)(=O)c2ccc(F)cc2)Cc2ccc(cc2)OCCCC[C@@H](C=O)NC1=O. The first kappa shape index (κ1) is 28.3. The first-order valence-corrected chi connectivity index (χ1v) is 13.6. The predicted octanol–water partition coefficient (Wildman–Crippen LogP) is 2.10. The van der Waals surface area contributed by atoms with Crippen LogP contribution in [0.5, 0.6) is 5.75 Å². The van der Waals surface area contributed by atoms with E-state index in [4.69, 9.17) is 4.74 Å². The zero-order valence-electron chi connectivity index (χ0n) is 20.8. The lowest BCUT2D eigenvalue weighted by Crippen LogP contribution is -2.57. The highest BCUT2D eigenvalue weighted by atomic mass is 32.2.